The van der Waals surface area contributed by atoms with Crippen molar-refractivity contribution < 1.29 is 9.26 Å². The van der Waals surface area contributed by atoms with Crippen LogP contribution in [0.1, 0.15) is 35.7 Å². The SMILES string of the molecule is COCc1nc(CNC2CCN(c3cccc(C)c3C)CC2)no1. The van der Waals surface area contributed by atoms with E-state index < -0.39 is 0 Å². The molecule has 1 aromatic heterocycles. The molecule has 1 N–H and O–H groups in total. The summed E-state index contributed by atoms with van der Waals surface area (Å²) in [5.41, 5.74) is 4.12. The molecule has 130 valence electrons. The van der Waals surface area contributed by atoms with Gasteiger partial charge in [-0.1, -0.05) is 17.3 Å². The zero-order chi connectivity index (χ0) is 16.9. The van der Waals surface area contributed by atoms with Crippen LogP contribution >= 0.6 is 0 Å². The summed E-state index contributed by atoms with van der Waals surface area (Å²) >= 11 is 0. The van der Waals surface area contributed by atoms with Gasteiger partial charge in [0.2, 0.25) is 0 Å². The lowest BCUT2D eigenvalue weighted by Gasteiger charge is -2.35. The van der Waals surface area contributed by atoms with Crippen molar-refractivity contribution in [3.05, 3.63) is 41.0 Å². The molecule has 1 saturated heterocycles. The fourth-order valence-corrected chi connectivity index (χ4v) is 3.18. The number of hydrogen-bond acceptors (Lipinski definition) is 6. The van der Waals surface area contributed by atoms with Crippen LogP contribution in [0.15, 0.2) is 22.7 Å². The summed E-state index contributed by atoms with van der Waals surface area (Å²) in [5, 5.41) is 7.50. The molecule has 0 radical (unpaired) electrons. The molecule has 2 aromatic rings. The average Bonchev–Trinajstić information content (AvgIpc) is 3.04. The molecule has 0 unspecified atom stereocenters. The maximum atomic E-state index is 5.11. The second-order valence-electron chi connectivity index (χ2n) is 6.40. The molecule has 2 heterocycles. The van der Waals surface area contributed by atoms with Crippen LogP contribution < -0.4 is 10.2 Å². The number of rotatable bonds is 6. The fraction of sp³-hybridized carbons (Fsp3) is 0.556. The number of ether oxygens (including phenoxy) is 1. The Hall–Kier alpha value is -1.92. The first kappa shape index (κ1) is 16.9. The Kier molecular flexibility index (Phi) is 5.48. The quantitative estimate of drug-likeness (QED) is 0.878. The predicted octanol–water partition coefficient (Wildman–Crippen LogP) is 2.59. The van der Waals surface area contributed by atoms with E-state index in [1.54, 1.807) is 7.11 Å². The predicted molar refractivity (Wildman–Crippen MR) is 93.0 cm³/mol. The lowest BCUT2D eigenvalue weighted by molar-refractivity contribution is 0.151. The van der Waals surface area contributed by atoms with Gasteiger partial charge in [-0.2, -0.15) is 4.98 Å². The highest BCUT2D eigenvalue weighted by molar-refractivity contribution is 5.56. The minimum atomic E-state index is 0.362. The maximum Gasteiger partial charge on any atom is 0.252 e. The van der Waals surface area contributed by atoms with Crippen LogP contribution in [-0.2, 0) is 17.9 Å². The molecule has 24 heavy (non-hydrogen) atoms. The van der Waals surface area contributed by atoms with E-state index in [0.717, 1.165) is 25.9 Å². The number of aryl methyl sites for hydroxylation is 1. The molecule has 6 heteroatoms. The van der Waals surface area contributed by atoms with Gasteiger partial charge in [-0.3, -0.25) is 0 Å². The van der Waals surface area contributed by atoms with E-state index in [2.05, 4.69) is 52.4 Å². The second kappa shape index (κ2) is 7.77. The summed E-state index contributed by atoms with van der Waals surface area (Å²) in [7, 11) is 1.62. The van der Waals surface area contributed by atoms with Gasteiger partial charge in [-0.05, 0) is 43.9 Å². The zero-order valence-electron chi connectivity index (χ0n) is 14.7. The van der Waals surface area contributed by atoms with E-state index in [1.165, 1.54) is 16.8 Å². The number of aromatic nitrogens is 2. The van der Waals surface area contributed by atoms with Gasteiger partial charge in [0.05, 0.1) is 6.54 Å². The number of anilines is 1. The summed E-state index contributed by atoms with van der Waals surface area (Å²) < 4.78 is 10.1. The Balaban J connectivity index is 1.49. The minimum Gasteiger partial charge on any atom is -0.375 e. The number of nitrogens with zero attached hydrogens (tertiary/aromatic N) is 3. The molecule has 0 amide bonds. The lowest BCUT2D eigenvalue weighted by Crippen LogP contribution is -2.42. The Morgan fingerprint density at radius 3 is 2.83 bits per heavy atom. The van der Waals surface area contributed by atoms with E-state index in [1.807, 2.05) is 0 Å². The van der Waals surface area contributed by atoms with Crippen molar-refractivity contribution in [2.24, 2.45) is 0 Å². The summed E-state index contributed by atoms with van der Waals surface area (Å²) in [6, 6.07) is 7.05. The van der Waals surface area contributed by atoms with Crippen LogP contribution in [0.3, 0.4) is 0 Å². The molecule has 1 aromatic carbocycles. The van der Waals surface area contributed by atoms with Crippen LogP contribution in [0.25, 0.3) is 0 Å². The third kappa shape index (κ3) is 3.94. The first-order valence-electron chi connectivity index (χ1n) is 8.52. The Morgan fingerprint density at radius 2 is 2.08 bits per heavy atom. The minimum absolute atomic E-state index is 0.362. The molecule has 1 aliphatic heterocycles. The molecular formula is C18H26N4O2. The van der Waals surface area contributed by atoms with Crippen molar-refractivity contribution in [3.8, 4) is 0 Å². The Labute approximate surface area is 143 Å². The van der Waals surface area contributed by atoms with Crippen molar-refractivity contribution >= 4 is 5.69 Å². The Bertz CT molecular complexity index is 663. The third-order valence-corrected chi connectivity index (χ3v) is 4.74. The van der Waals surface area contributed by atoms with Crippen molar-refractivity contribution in [1.82, 2.24) is 15.5 Å². The van der Waals surface area contributed by atoms with E-state index in [-0.39, 0.29) is 0 Å². The van der Waals surface area contributed by atoms with E-state index in [0.29, 0.717) is 30.9 Å². The topological polar surface area (TPSA) is 63.4 Å². The number of methoxy groups -OCH3 is 1. The molecule has 0 aliphatic carbocycles. The van der Waals surface area contributed by atoms with Gasteiger partial charge in [-0.25, -0.2) is 0 Å². The smallest absolute Gasteiger partial charge is 0.252 e. The van der Waals surface area contributed by atoms with E-state index in [9.17, 15) is 0 Å². The maximum absolute atomic E-state index is 5.11. The van der Waals surface area contributed by atoms with Gasteiger partial charge >= 0.3 is 0 Å². The van der Waals surface area contributed by atoms with Gasteiger partial charge in [0, 0.05) is 31.9 Å². The highest BCUT2D eigenvalue weighted by atomic mass is 16.5. The second-order valence-corrected chi connectivity index (χ2v) is 6.40. The van der Waals surface area contributed by atoms with Crippen molar-refractivity contribution in [1.29, 1.82) is 0 Å². The Morgan fingerprint density at radius 1 is 1.29 bits per heavy atom. The molecule has 0 spiro atoms. The van der Waals surface area contributed by atoms with E-state index in [4.69, 9.17) is 9.26 Å². The van der Waals surface area contributed by atoms with Crippen LogP contribution in [0.4, 0.5) is 5.69 Å². The first-order valence-corrected chi connectivity index (χ1v) is 8.52. The molecular weight excluding hydrogens is 304 g/mol. The number of benzene rings is 1. The number of piperidine rings is 1. The molecule has 1 fully saturated rings. The average molecular weight is 330 g/mol. The van der Waals surface area contributed by atoms with Gasteiger partial charge in [0.15, 0.2) is 5.82 Å². The normalized spacial score (nSPS) is 15.9. The summed E-state index contributed by atoms with van der Waals surface area (Å²) in [5.74, 6) is 1.22. The molecule has 6 nitrogen and oxygen atoms in total. The van der Waals surface area contributed by atoms with Gasteiger partial charge in [0.25, 0.3) is 5.89 Å². The molecule has 0 atom stereocenters. The van der Waals surface area contributed by atoms with Gasteiger partial charge in [-0.15, -0.1) is 0 Å². The lowest BCUT2D eigenvalue weighted by atomic mass is 10.0. The summed E-state index contributed by atoms with van der Waals surface area (Å²) in [4.78, 5) is 6.78. The third-order valence-electron chi connectivity index (χ3n) is 4.74. The fourth-order valence-electron chi connectivity index (χ4n) is 3.18. The monoisotopic (exact) mass is 330 g/mol. The number of hydrogen-bond donors (Lipinski definition) is 1. The first-order chi connectivity index (χ1) is 11.7. The van der Waals surface area contributed by atoms with Crippen LogP contribution in [0.2, 0.25) is 0 Å². The molecule has 1 aliphatic rings. The number of nitrogens with one attached hydrogen (secondary N) is 1. The van der Waals surface area contributed by atoms with Crippen LogP contribution in [0.5, 0.6) is 0 Å². The van der Waals surface area contributed by atoms with Crippen molar-refractivity contribution in [2.45, 2.75) is 45.9 Å². The van der Waals surface area contributed by atoms with E-state index >= 15 is 0 Å². The van der Waals surface area contributed by atoms with Gasteiger partial charge in [0.1, 0.15) is 6.61 Å². The van der Waals surface area contributed by atoms with Crippen molar-refractivity contribution in [2.75, 3.05) is 25.1 Å². The highest BCUT2D eigenvalue weighted by Crippen LogP contribution is 2.25. The molecule has 3 rings (SSSR count). The molecule has 0 bridgehead atoms. The van der Waals surface area contributed by atoms with Crippen molar-refractivity contribution in [3.63, 3.8) is 0 Å². The van der Waals surface area contributed by atoms with Crippen LogP contribution in [-0.4, -0.2) is 36.4 Å². The van der Waals surface area contributed by atoms with Crippen LogP contribution in [0, 0.1) is 13.8 Å². The van der Waals surface area contributed by atoms with Gasteiger partial charge < -0.3 is 19.5 Å². The summed E-state index contributed by atoms with van der Waals surface area (Å²) in [6.07, 6.45) is 2.24. The molecule has 0 saturated carbocycles. The zero-order valence-corrected chi connectivity index (χ0v) is 14.7. The summed E-state index contributed by atoms with van der Waals surface area (Å²) in [6.45, 7) is 7.54. The standard InChI is InChI=1S/C18H26N4O2/c1-13-5-4-6-16(14(13)2)22-9-7-15(8-10-22)19-11-17-20-18(12-23-3)24-21-17/h4-6,15,19H,7-12H2,1-3H3. The largest absolute Gasteiger partial charge is 0.375 e. The highest BCUT2D eigenvalue weighted by Gasteiger charge is 2.20.